The third-order valence-electron chi connectivity index (χ3n) is 5.20. The number of aromatic nitrogens is 1. The molecule has 1 amide bonds. The minimum atomic E-state index is -0.361. The number of nitrogens with one attached hydrogen (secondary N) is 1. The number of carbonyl (C=O) groups excluding carboxylic acids is 1. The number of fused-ring (bicyclic) bond motifs is 1. The van der Waals surface area contributed by atoms with E-state index in [1.165, 1.54) is 0 Å². The predicted molar refractivity (Wildman–Crippen MR) is 129 cm³/mol. The van der Waals surface area contributed by atoms with Gasteiger partial charge >= 0.3 is 0 Å². The monoisotopic (exact) mass is 488 g/mol. The number of ether oxygens (including phenoxy) is 1. The first-order valence-electron chi connectivity index (χ1n) is 9.79. The standard InChI is InChI=1S/C24H19Cl3N2O3/c1-12-15(24-29-17-8-4-5-10-18(17)32-24)7-6-9-16(12)28-19(30)11-31-23-21(26)13(2)20(25)14(3)22(23)27/h4-10H,11H2,1-3H3,(H,28,30). The molecule has 0 radical (unpaired) electrons. The van der Waals surface area contributed by atoms with E-state index in [0.29, 0.717) is 33.3 Å². The third kappa shape index (κ3) is 4.16. The number of para-hydroxylation sites is 2. The molecular weight excluding hydrogens is 471 g/mol. The molecule has 4 rings (SSSR count). The maximum Gasteiger partial charge on any atom is 0.262 e. The molecule has 0 spiro atoms. The van der Waals surface area contributed by atoms with Crippen LogP contribution in [0.3, 0.4) is 0 Å². The van der Waals surface area contributed by atoms with E-state index in [4.69, 9.17) is 44.0 Å². The molecule has 0 aliphatic carbocycles. The van der Waals surface area contributed by atoms with Crippen molar-refractivity contribution in [1.29, 1.82) is 0 Å². The van der Waals surface area contributed by atoms with Gasteiger partial charge in [-0.25, -0.2) is 4.98 Å². The minimum absolute atomic E-state index is 0.236. The normalized spacial score (nSPS) is 11.1. The number of hydrogen-bond donors (Lipinski definition) is 1. The van der Waals surface area contributed by atoms with Crippen LogP contribution in [-0.4, -0.2) is 17.5 Å². The number of hydrogen-bond acceptors (Lipinski definition) is 4. The first-order chi connectivity index (χ1) is 15.3. The molecule has 0 saturated heterocycles. The van der Waals surface area contributed by atoms with Gasteiger partial charge in [0.15, 0.2) is 17.9 Å². The fourth-order valence-corrected chi connectivity index (χ4v) is 4.17. The van der Waals surface area contributed by atoms with Crippen LogP contribution in [0.5, 0.6) is 5.75 Å². The first-order valence-corrected chi connectivity index (χ1v) is 10.9. The van der Waals surface area contributed by atoms with Gasteiger partial charge in [0.05, 0.1) is 10.0 Å². The number of benzene rings is 3. The summed E-state index contributed by atoms with van der Waals surface area (Å²) in [6.07, 6.45) is 0. The number of oxazole rings is 1. The van der Waals surface area contributed by atoms with Crippen molar-refractivity contribution in [2.24, 2.45) is 0 Å². The summed E-state index contributed by atoms with van der Waals surface area (Å²) < 4.78 is 11.5. The van der Waals surface area contributed by atoms with E-state index >= 15 is 0 Å². The molecular formula is C24H19Cl3N2O3. The van der Waals surface area contributed by atoms with Crippen LogP contribution in [0.15, 0.2) is 46.9 Å². The van der Waals surface area contributed by atoms with Crippen LogP contribution in [0.4, 0.5) is 5.69 Å². The van der Waals surface area contributed by atoms with E-state index in [1.54, 1.807) is 19.9 Å². The second-order valence-corrected chi connectivity index (χ2v) is 8.46. The van der Waals surface area contributed by atoms with Crippen molar-refractivity contribution in [3.05, 3.63) is 74.2 Å². The van der Waals surface area contributed by atoms with Crippen molar-refractivity contribution >= 4 is 57.5 Å². The van der Waals surface area contributed by atoms with Crippen molar-refractivity contribution in [2.75, 3.05) is 11.9 Å². The lowest BCUT2D eigenvalue weighted by atomic mass is 10.1. The van der Waals surface area contributed by atoms with Gasteiger partial charge in [-0.15, -0.1) is 0 Å². The Kier molecular flexibility index (Phi) is 6.33. The lowest BCUT2D eigenvalue weighted by Gasteiger charge is -2.16. The van der Waals surface area contributed by atoms with Crippen molar-refractivity contribution < 1.29 is 13.9 Å². The third-order valence-corrected chi connectivity index (χ3v) is 6.67. The lowest BCUT2D eigenvalue weighted by Crippen LogP contribution is -2.21. The molecule has 164 valence electrons. The first kappa shape index (κ1) is 22.5. The lowest BCUT2D eigenvalue weighted by molar-refractivity contribution is -0.118. The van der Waals surface area contributed by atoms with E-state index in [1.807, 2.05) is 43.3 Å². The number of carbonyl (C=O) groups is 1. The summed E-state index contributed by atoms with van der Waals surface area (Å²) >= 11 is 18.9. The average molecular weight is 490 g/mol. The average Bonchev–Trinajstić information content (AvgIpc) is 3.21. The number of rotatable bonds is 5. The maximum absolute atomic E-state index is 12.6. The number of anilines is 1. The zero-order valence-electron chi connectivity index (χ0n) is 17.6. The molecule has 0 unspecified atom stereocenters. The Labute approximate surface area is 200 Å². The van der Waals surface area contributed by atoms with Crippen molar-refractivity contribution in [3.8, 4) is 17.2 Å². The van der Waals surface area contributed by atoms with Crippen LogP contribution in [0.2, 0.25) is 15.1 Å². The molecule has 32 heavy (non-hydrogen) atoms. The molecule has 0 atom stereocenters. The molecule has 3 aromatic carbocycles. The van der Waals surface area contributed by atoms with E-state index in [9.17, 15) is 4.79 Å². The highest BCUT2D eigenvalue weighted by atomic mass is 35.5. The Morgan fingerprint density at radius 1 is 0.938 bits per heavy atom. The van der Waals surface area contributed by atoms with Gasteiger partial charge in [-0.3, -0.25) is 4.79 Å². The van der Waals surface area contributed by atoms with Crippen LogP contribution >= 0.6 is 34.8 Å². The summed E-state index contributed by atoms with van der Waals surface area (Å²) in [7, 11) is 0. The van der Waals surface area contributed by atoms with E-state index in [2.05, 4.69) is 10.3 Å². The Morgan fingerprint density at radius 3 is 2.31 bits per heavy atom. The Bertz CT molecular complexity index is 1290. The molecule has 1 heterocycles. The molecule has 0 fully saturated rings. The Balaban J connectivity index is 1.53. The predicted octanol–water partition coefficient (Wildman–Crippen LogP) is 7.40. The summed E-state index contributed by atoms with van der Waals surface area (Å²) in [5.41, 5.74) is 5.00. The van der Waals surface area contributed by atoms with Crippen LogP contribution in [-0.2, 0) is 4.79 Å². The topological polar surface area (TPSA) is 64.4 Å². The molecule has 0 aliphatic rings. The van der Waals surface area contributed by atoms with Crippen molar-refractivity contribution in [1.82, 2.24) is 4.98 Å². The smallest absolute Gasteiger partial charge is 0.262 e. The van der Waals surface area contributed by atoms with Crippen LogP contribution in [0.25, 0.3) is 22.6 Å². The molecule has 0 saturated carbocycles. The van der Waals surface area contributed by atoms with Crippen LogP contribution in [0.1, 0.15) is 16.7 Å². The summed E-state index contributed by atoms with van der Waals surface area (Å²) in [6, 6.07) is 13.1. The summed E-state index contributed by atoms with van der Waals surface area (Å²) in [5, 5.41) is 3.90. The second-order valence-electron chi connectivity index (χ2n) is 7.32. The van der Waals surface area contributed by atoms with Gasteiger partial charge in [0, 0.05) is 16.3 Å². The molecule has 8 heteroatoms. The maximum atomic E-state index is 12.6. The fourth-order valence-electron chi connectivity index (χ4n) is 3.35. The molecule has 4 aromatic rings. The van der Waals surface area contributed by atoms with Gasteiger partial charge < -0.3 is 14.5 Å². The summed E-state index contributed by atoms with van der Waals surface area (Å²) in [5.74, 6) is 0.363. The minimum Gasteiger partial charge on any atom is -0.481 e. The number of nitrogens with zero attached hydrogens (tertiary/aromatic N) is 1. The molecule has 1 N–H and O–H groups in total. The van der Waals surface area contributed by atoms with E-state index < -0.39 is 0 Å². The van der Waals surface area contributed by atoms with E-state index in [0.717, 1.165) is 16.6 Å². The van der Waals surface area contributed by atoms with Crippen LogP contribution in [0, 0.1) is 20.8 Å². The highest BCUT2D eigenvalue weighted by Gasteiger charge is 2.19. The number of amides is 1. The largest absolute Gasteiger partial charge is 0.481 e. The van der Waals surface area contributed by atoms with Crippen molar-refractivity contribution in [2.45, 2.75) is 20.8 Å². The second kappa shape index (κ2) is 9.02. The molecule has 0 bridgehead atoms. The zero-order chi connectivity index (χ0) is 23.0. The molecule has 0 aliphatic heterocycles. The highest BCUT2D eigenvalue weighted by Crippen LogP contribution is 2.42. The molecule has 1 aromatic heterocycles. The summed E-state index contributed by atoms with van der Waals surface area (Å²) in [4.78, 5) is 17.1. The highest BCUT2D eigenvalue weighted by molar-refractivity contribution is 6.42. The van der Waals surface area contributed by atoms with Gasteiger partial charge in [0.25, 0.3) is 5.91 Å². The Hall–Kier alpha value is -2.73. The SMILES string of the molecule is Cc1c(NC(=O)COc2c(Cl)c(C)c(Cl)c(C)c2Cl)cccc1-c1nc2ccccc2o1. The molecule has 5 nitrogen and oxygen atoms in total. The summed E-state index contributed by atoms with van der Waals surface area (Å²) in [6.45, 7) is 5.15. The van der Waals surface area contributed by atoms with Gasteiger partial charge in [-0.1, -0.05) is 53.0 Å². The zero-order valence-corrected chi connectivity index (χ0v) is 19.8. The van der Waals surface area contributed by atoms with Crippen molar-refractivity contribution in [3.63, 3.8) is 0 Å². The van der Waals surface area contributed by atoms with Gasteiger partial charge in [0.1, 0.15) is 5.52 Å². The van der Waals surface area contributed by atoms with Gasteiger partial charge in [-0.05, 0) is 61.7 Å². The van der Waals surface area contributed by atoms with Crippen LogP contribution < -0.4 is 10.1 Å². The fraction of sp³-hybridized carbons (Fsp3) is 0.167. The van der Waals surface area contributed by atoms with Gasteiger partial charge in [-0.2, -0.15) is 0 Å². The Morgan fingerprint density at radius 2 is 1.62 bits per heavy atom. The quantitative estimate of drug-likeness (QED) is 0.317. The number of halogens is 3. The van der Waals surface area contributed by atoms with E-state index in [-0.39, 0.29) is 28.3 Å². The van der Waals surface area contributed by atoms with Gasteiger partial charge in [0.2, 0.25) is 5.89 Å².